The minimum atomic E-state index is -1.03. The molecule has 0 amide bonds. The number of hydrogen-bond donors (Lipinski definition) is 1. The second-order valence-corrected chi connectivity index (χ2v) is 3.20. The minimum Gasteiger partial charge on any atom is -0.489 e. The zero-order valence-electron chi connectivity index (χ0n) is 9.39. The van der Waals surface area contributed by atoms with E-state index >= 15 is 0 Å². The summed E-state index contributed by atoms with van der Waals surface area (Å²) in [7, 11) is 0. The molecule has 1 aromatic carbocycles. The monoisotopic (exact) mass is 234 g/mol. The number of aromatic carboxylic acids is 1. The van der Waals surface area contributed by atoms with Gasteiger partial charge in [0, 0.05) is 6.07 Å². The molecule has 0 atom stereocenters. The minimum absolute atomic E-state index is 0.116. The van der Waals surface area contributed by atoms with Crippen molar-refractivity contribution in [3.05, 3.63) is 49.1 Å². The van der Waals surface area contributed by atoms with Crippen molar-refractivity contribution in [2.75, 3.05) is 13.2 Å². The molecular weight excluding hydrogens is 220 g/mol. The summed E-state index contributed by atoms with van der Waals surface area (Å²) in [4.78, 5) is 10.9. The lowest BCUT2D eigenvalue weighted by Gasteiger charge is -2.08. The van der Waals surface area contributed by atoms with E-state index in [-0.39, 0.29) is 5.56 Å². The first kappa shape index (κ1) is 12.8. The Morgan fingerprint density at radius 3 is 1.94 bits per heavy atom. The van der Waals surface area contributed by atoms with E-state index in [9.17, 15) is 4.79 Å². The number of ether oxygens (including phenoxy) is 2. The van der Waals surface area contributed by atoms with Gasteiger partial charge in [0.15, 0.2) is 0 Å². The molecule has 0 radical (unpaired) electrons. The van der Waals surface area contributed by atoms with Crippen molar-refractivity contribution >= 4 is 5.97 Å². The van der Waals surface area contributed by atoms with Crippen molar-refractivity contribution in [3.8, 4) is 11.5 Å². The Morgan fingerprint density at radius 1 is 1.12 bits per heavy atom. The maximum atomic E-state index is 10.9. The van der Waals surface area contributed by atoms with Crippen LogP contribution in [-0.4, -0.2) is 24.3 Å². The fourth-order valence-corrected chi connectivity index (χ4v) is 1.17. The summed E-state index contributed by atoms with van der Waals surface area (Å²) in [5.74, 6) is -0.162. The summed E-state index contributed by atoms with van der Waals surface area (Å²) in [5, 5.41) is 8.93. The van der Waals surface area contributed by atoms with Crippen molar-refractivity contribution in [3.63, 3.8) is 0 Å². The van der Waals surface area contributed by atoms with E-state index in [1.165, 1.54) is 12.1 Å². The zero-order valence-corrected chi connectivity index (χ0v) is 9.39. The third kappa shape index (κ3) is 4.03. The van der Waals surface area contributed by atoms with Crippen LogP contribution >= 0.6 is 0 Å². The van der Waals surface area contributed by atoms with Gasteiger partial charge in [-0.3, -0.25) is 0 Å². The second-order valence-electron chi connectivity index (χ2n) is 3.20. The van der Waals surface area contributed by atoms with E-state index in [4.69, 9.17) is 14.6 Å². The maximum absolute atomic E-state index is 10.9. The van der Waals surface area contributed by atoms with E-state index in [2.05, 4.69) is 13.2 Å². The summed E-state index contributed by atoms with van der Waals surface area (Å²) >= 11 is 0. The van der Waals surface area contributed by atoms with Crippen LogP contribution in [0.5, 0.6) is 11.5 Å². The molecule has 0 spiro atoms. The number of carboxylic acid groups (broad SMARTS) is 1. The van der Waals surface area contributed by atoms with Crippen LogP contribution in [0.3, 0.4) is 0 Å². The molecule has 0 aliphatic carbocycles. The van der Waals surface area contributed by atoms with Gasteiger partial charge in [-0.1, -0.05) is 25.3 Å². The predicted octanol–water partition coefficient (Wildman–Crippen LogP) is 2.51. The molecule has 0 aromatic heterocycles. The average molecular weight is 234 g/mol. The Hall–Kier alpha value is -2.23. The summed E-state index contributed by atoms with van der Waals surface area (Å²) in [6.45, 7) is 7.66. The van der Waals surface area contributed by atoms with E-state index in [1.54, 1.807) is 18.2 Å². The summed E-state index contributed by atoms with van der Waals surface area (Å²) in [5.41, 5.74) is 0.116. The van der Waals surface area contributed by atoms with Crippen molar-refractivity contribution < 1.29 is 19.4 Å². The van der Waals surface area contributed by atoms with Gasteiger partial charge in [0.25, 0.3) is 0 Å². The van der Waals surface area contributed by atoms with Crippen LogP contribution in [-0.2, 0) is 0 Å². The standard InChI is InChI=1S/C13H14O4/c1-3-5-16-11-7-10(13(14)15)8-12(9-11)17-6-4-2/h3-4,7-9H,1-2,5-6H2,(H,14,15). The average Bonchev–Trinajstić information content (AvgIpc) is 2.33. The van der Waals surface area contributed by atoms with E-state index in [0.717, 1.165) is 0 Å². The Morgan fingerprint density at radius 2 is 1.59 bits per heavy atom. The fourth-order valence-electron chi connectivity index (χ4n) is 1.17. The molecule has 1 rings (SSSR count). The lowest BCUT2D eigenvalue weighted by atomic mass is 10.2. The second kappa shape index (κ2) is 6.37. The van der Waals surface area contributed by atoms with Gasteiger partial charge in [-0.05, 0) is 12.1 Å². The number of rotatable bonds is 7. The van der Waals surface area contributed by atoms with Crippen LogP contribution < -0.4 is 9.47 Å². The summed E-state index contributed by atoms with van der Waals surface area (Å²) in [6, 6.07) is 4.50. The van der Waals surface area contributed by atoms with Gasteiger partial charge in [0.05, 0.1) is 5.56 Å². The normalized spacial score (nSPS) is 9.41. The van der Waals surface area contributed by atoms with Gasteiger partial charge >= 0.3 is 5.97 Å². The van der Waals surface area contributed by atoms with Crippen LogP contribution in [0.4, 0.5) is 0 Å². The van der Waals surface area contributed by atoms with Crippen LogP contribution in [0.2, 0.25) is 0 Å². The predicted molar refractivity (Wildman–Crippen MR) is 64.8 cm³/mol. The van der Waals surface area contributed by atoms with E-state index in [0.29, 0.717) is 24.7 Å². The molecule has 0 aliphatic rings. The molecule has 1 N–H and O–H groups in total. The Kier molecular flexibility index (Phi) is 4.81. The van der Waals surface area contributed by atoms with Crippen LogP contribution in [0.15, 0.2) is 43.5 Å². The van der Waals surface area contributed by atoms with E-state index < -0.39 is 5.97 Å². The van der Waals surface area contributed by atoms with Crippen molar-refractivity contribution in [2.45, 2.75) is 0 Å². The summed E-state index contributed by atoms with van der Waals surface area (Å²) < 4.78 is 10.6. The number of carboxylic acids is 1. The van der Waals surface area contributed by atoms with Crippen molar-refractivity contribution in [1.82, 2.24) is 0 Å². The quantitative estimate of drug-likeness (QED) is 0.736. The summed E-state index contributed by atoms with van der Waals surface area (Å²) in [6.07, 6.45) is 3.16. The molecule has 0 saturated carbocycles. The first-order valence-electron chi connectivity index (χ1n) is 5.03. The molecule has 0 heterocycles. The molecule has 0 aliphatic heterocycles. The Balaban J connectivity index is 2.95. The molecule has 0 fully saturated rings. The van der Waals surface area contributed by atoms with Gasteiger partial charge < -0.3 is 14.6 Å². The maximum Gasteiger partial charge on any atom is 0.335 e. The number of benzene rings is 1. The lowest BCUT2D eigenvalue weighted by molar-refractivity contribution is 0.0696. The zero-order chi connectivity index (χ0) is 12.7. The highest BCUT2D eigenvalue weighted by Crippen LogP contribution is 2.23. The number of hydrogen-bond acceptors (Lipinski definition) is 3. The van der Waals surface area contributed by atoms with Crippen molar-refractivity contribution in [1.29, 1.82) is 0 Å². The van der Waals surface area contributed by atoms with Crippen LogP contribution in [0.25, 0.3) is 0 Å². The van der Waals surface area contributed by atoms with Gasteiger partial charge in [0.2, 0.25) is 0 Å². The molecule has 90 valence electrons. The molecular formula is C13H14O4. The highest BCUT2D eigenvalue weighted by Gasteiger charge is 2.08. The van der Waals surface area contributed by atoms with Gasteiger partial charge in [-0.2, -0.15) is 0 Å². The smallest absolute Gasteiger partial charge is 0.335 e. The van der Waals surface area contributed by atoms with E-state index in [1.807, 2.05) is 0 Å². The molecule has 0 bridgehead atoms. The highest BCUT2D eigenvalue weighted by molar-refractivity contribution is 5.88. The molecule has 1 aromatic rings. The van der Waals surface area contributed by atoms with Gasteiger partial charge in [0.1, 0.15) is 24.7 Å². The lowest BCUT2D eigenvalue weighted by Crippen LogP contribution is -2.01. The molecule has 0 saturated heterocycles. The molecule has 0 unspecified atom stereocenters. The Labute approximate surface area is 99.8 Å². The van der Waals surface area contributed by atoms with Gasteiger partial charge in [-0.25, -0.2) is 4.79 Å². The first-order valence-corrected chi connectivity index (χ1v) is 5.03. The number of carbonyl (C=O) groups is 1. The third-order valence-corrected chi connectivity index (χ3v) is 1.86. The molecule has 4 heteroatoms. The largest absolute Gasteiger partial charge is 0.489 e. The molecule has 17 heavy (non-hydrogen) atoms. The van der Waals surface area contributed by atoms with Crippen molar-refractivity contribution in [2.24, 2.45) is 0 Å². The Bertz CT molecular complexity index is 393. The third-order valence-electron chi connectivity index (χ3n) is 1.86. The van der Waals surface area contributed by atoms with Crippen LogP contribution in [0, 0.1) is 0 Å². The fraction of sp³-hybridized carbons (Fsp3) is 0.154. The first-order chi connectivity index (χ1) is 8.17. The van der Waals surface area contributed by atoms with Gasteiger partial charge in [-0.15, -0.1) is 0 Å². The topological polar surface area (TPSA) is 55.8 Å². The molecule has 4 nitrogen and oxygen atoms in total. The highest BCUT2D eigenvalue weighted by atomic mass is 16.5. The van der Waals surface area contributed by atoms with Crippen LogP contribution in [0.1, 0.15) is 10.4 Å². The SMILES string of the molecule is C=CCOc1cc(OCC=C)cc(C(=O)O)c1.